The van der Waals surface area contributed by atoms with Crippen molar-refractivity contribution >= 4 is 17.5 Å². The van der Waals surface area contributed by atoms with Gasteiger partial charge in [0, 0.05) is 17.6 Å². The molecule has 0 aliphatic rings. The average molecular weight is 274 g/mol. The number of nitrogens with one attached hydrogen (secondary N) is 1. The number of benzene rings is 2. The van der Waals surface area contributed by atoms with Crippen molar-refractivity contribution in [3.8, 4) is 11.1 Å². The minimum absolute atomic E-state index is 0.0777. The maximum atomic E-state index is 11.7. The van der Waals surface area contributed by atoms with E-state index in [0.29, 0.717) is 5.56 Å². The number of amides is 1. The molecule has 0 fully saturated rings. The van der Waals surface area contributed by atoms with E-state index in [9.17, 15) is 4.79 Å². The van der Waals surface area contributed by atoms with E-state index in [-0.39, 0.29) is 5.91 Å². The number of hydrogen-bond donors (Lipinski definition) is 1. The lowest BCUT2D eigenvalue weighted by atomic mass is 9.94. The second kappa shape index (κ2) is 5.45. The Kier molecular flexibility index (Phi) is 3.91. The first-order valence-corrected chi connectivity index (χ1v) is 6.50. The zero-order valence-corrected chi connectivity index (χ0v) is 12.0. The van der Waals surface area contributed by atoms with Gasteiger partial charge in [-0.15, -0.1) is 0 Å². The van der Waals surface area contributed by atoms with Crippen LogP contribution in [0.2, 0.25) is 5.02 Å². The van der Waals surface area contributed by atoms with Crippen molar-refractivity contribution in [1.29, 1.82) is 0 Å². The predicted octanol–water partition coefficient (Wildman–Crippen LogP) is 3.98. The molecule has 0 radical (unpaired) electrons. The lowest BCUT2D eigenvalue weighted by Gasteiger charge is -2.12. The van der Waals surface area contributed by atoms with Crippen LogP contribution < -0.4 is 5.32 Å². The van der Waals surface area contributed by atoms with E-state index < -0.39 is 0 Å². The van der Waals surface area contributed by atoms with Crippen molar-refractivity contribution in [3.63, 3.8) is 0 Å². The van der Waals surface area contributed by atoms with E-state index in [1.165, 1.54) is 0 Å². The van der Waals surface area contributed by atoms with Crippen LogP contribution in [0.4, 0.5) is 0 Å². The molecule has 0 aliphatic heterocycles. The highest BCUT2D eigenvalue weighted by Gasteiger charge is 2.09. The van der Waals surface area contributed by atoms with Gasteiger partial charge in [0.1, 0.15) is 0 Å². The fourth-order valence-electron chi connectivity index (χ4n) is 2.33. The number of halogens is 1. The summed E-state index contributed by atoms with van der Waals surface area (Å²) in [5.74, 6) is -0.0777. The van der Waals surface area contributed by atoms with Gasteiger partial charge in [0.2, 0.25) is 0 Å². The van der Waals surface area contributed by atoms with Gasteiger partial charge in [-0.3, -0.25) is 4.79 Å². The summed E-state index contributed by atoms with van der Waals surface area (Å²) in [6.45, 7) is 4.06. The van der Waals surface area contributed by atoms with Crippen LogP contribution in [-0.2, 0) is 0 Å². The quantitative estimate of drug-likeness (QED) is 0.881. The average Bonchev–Trinajstić information content (AvgIpc) is 2.37. The maximum Gasteiger partial charge on any atom is 0.251 e. The first kappa shape index (κ1) is 13.6. The van der Waals surface area contributed by atoms with E-state index in [4.69, 9.17) is 11.6 Å². The van der Waals surface area contributed by atoms with Crippen LogP contribution in [0.15, 0.2) is 36.4 Å². The molecule has 1 amide bonds. The molecule has 0 atom stereocenters. The Hall–Kier alpha value is -1.80. The molecule has 3 heteroatoms. The van der Waals surface area contributed by atoms with Crippen molar-refractivity contribution in [2.75, 3.05) is 7.05 Å². The predicted molar refractivity (Wildman–Crippen MR) is 79.8 cm³/mol. The zero-order valence-electron chi connectivity index (χ0n) is 11.3. The molecule has 2 nitrogen and oxygen atoms in total. The van der Waals surface area contributed by atoms with E-state index in [0.717, 1.165) is 27.3 Å². The summed E-state index contributed by atoms with van der Waals surface area (Å²) < 4.78 is 0. The normalized spacial score (nSPS) is 10.3. The Morgan fingerprint density at radius 1 is 1.11 bits per heavy atom. The van der Waals surface area contributed by atoms with Gasteiger partial charge in [0.15, 0.2) is 0 Å². The first-order valence-electron chi connectivity index (χ1n) is 6.12. The second-order valence-electron chi connectivity index (χ2n) is 4.57. The van der Waals surface area contributed by atoms with Crippen LogP contribution in [0.1, 0.15) is 21.5 Å². The van der Waals surface area contributed by atoms with Gasteiger partial charge in [0.25, 0.3) is 5.91 Å². The molecule has 0 aromatic heterocycles. The molecule has 98 valence electrons. The number of carbonyl (C=O) groups excluding carboxylic acids is 1. The monoisotopic (exact) mass is 273 g/mol. The molecular weight excluding hydrogens is 258 g/mol. The highest BCUT2D eigenvalue weighted by Crippen LogP contribution is 2.30. The summed E-state index contributed by atoms with van der Waals surface area (Å²) in [6.07, 6.45) is 0. The van der Waals surface area contributed by atoms with Crippen LogP contribution in [0, 0.1) is 13.8 Å². The number of hydrogen-bond acceptors (Lipinski definition) is 1. The second-order valence-corrected chi connectivity index (χ2v) is 5.01. The molecule has 0 spiro atoms. The molecule has 0 bridgehead atoms. The smallest absolute Gasteiger partial charge is 0.251 e. The van der Waals surface area contributed by atoms with Gasteiger partial charge in [-0.2, -0.15) is 0 Å². The molecule has 1 N–H and O–H groups in total. The number of carbonyl (C=O) groups is 1. The lowest BCUT2D eigenvalue weighted by molar-refractivity contribution is 0.0963. The molecule has 0 heterocycles. The largest absolute Gasteiger partial charge is 0.355 e. The van der Waals surface area contributed by atoms with Crippen LogP contribution in [0.25, 0.3) is 11.1 Å². The summed E-state index contributed by atoms with van der Waals surface area (Å²) in [5, 5.41) is 3.38. The maximum absolute atomic E-state index is 11.7. The van der Waals surface area contributed by atoms with E-state index in [1.54, 1.807) is 7.05 Å². The van der Waals surface area contributed by atoms with Crippen molar-refractivity contribution in [1.82, 2.24) is 5.32 Å². The summed E-state index contributed by atoms with van der Waals surface area (Å²) in [4.78, 5) is 11.7. The lowest BCUT2D eigenvalue weighted by Crippen LogP contribution is -2.17. The Bertz CT molecular complexity index is 611. The molecule has 0 saturated heterocycles. The van der Waals surface area contributed by atoms with Gasteiger partial charge in [-0.1, -0.05) is 23.7 Å². The van der Waals surface area contributed by atoms with Gasteiger partial charge in [0.05, 0.1) is 0 Å². The minimum Gasteiger partial charge on any atom is -0.355 e. The topological polar surface area (TPSA) is 29.1 Å². The third-order valence-corrected chi connectivity index (χ3v) is 3.36. The molecule has 19 heavy (non-hydrogen) atoms. The number of aryl methyl sites for hydroxylation is 2. The first-order chi connectivity index (χ1) is 9.02. The van der Waals surface area contributed by atoms with E-state index >= 15 is 0 Å². The zero-order chi connectivity index (χ0) is 14.0. The van der Waals surface area contributed by atoms with Crippen LogP contribution in [0.5, 0.6) is 0 Å². The van der Waals surface area contributed by atoms with Gasteiger partial charge in [-0.25, -0.2) is 0 Å². The third-order valence-electron chi connectivity index (χ3n) is 3.14. The van der Waals surface area contributed by atoms with Gasteiger partial charge < -0.3 is 5.32 Å². The Morgan fingerprint density at radius 3 is 2.32 bits per heavy atom. The van der Waals surface area contributed by atoms with E-state index in [2.05, 4.69) is 5.32 Å². The summed E-state index contributed by atoms with van der Waals surface area (Å²) >= 11 is 6.05. The summed E-state index contributed by atoms with van der Waals surface area (Å²) in [5.41, 5.74) is 5.05. The van der Waals surface area contributed by atoms with Gasteiger partial charge >= 0.3 is 0 Å². The molecule has 2 aromatic rings. The molecule has 2 rings (SSSR count). The summed E-state index contributed by atoms with van der Waals surface area (Å²) in [6, 6.07) is 11.5. The molecule has 0 aliphatic carbocycles. The highest BCUT2D eigenvalue weighted by atomic mass is 35.5. The molecule has 2 aromatic carbocycles. The number of rotatable bonds is 2. The van der Waals surface area contributed by atoms with Crippen molar-refractivity contribution < 1.29 is 4.79 Å². The standard InChI is InChI=1S/C16H16ClNO/c1-10-7-14(17)8-11(2)15(10)12-5-4-6-13(9-12)16(19)18-3/h4-9H,1-3H3,(H,18,19). The summed E-state index contributed by atoms with van der Waals surface area (Å²) in [7, 11) is 1.63. The van der Waals surface area contributed by atoms with Crippen LogP contribution >= 0.6 is 11.6 Å². The Labute approximate surface area is 118 Å². The fraction of sp³-hybridized carbons (Fsp3) is 0.188. The minimum atomic E-state index is -0.0777. The Morgan fingerprint density at radius 2 is 1.74 bits per heavy atom. The van der Waals surface area contributed by atoms with Crippen LogP contribution in [0.3, 0.4) is 0 Å². The van der Waals surface area contributed by atoms with Gasteiger partial charge in [-0.05, 0) is 60.4 Å². The fourth-order valence-corrected chi connectivity index (χ4v) is 2.65. The molecule has 0 saturated carbocycles. The van der Waals surface area contributed by atoms with E-state index in [1.807, 2.05) is 50.2 Å². The van der Waals surface area contributed by atoms with Crippen molar-refractivity contribution in [2.24, 2.45) is 0 Å². The third kappa shape index (κ3) is 2.79. The Balaban J connectivity index is 2.57. The SMILES string of the molecule is CNC(=O)c1cccc(-c2c(C)cc(Cl)cc2C)c1. The molecule has 0 unspecified atom stereocenters. The van der Waals surface area contributed by atoms with Crippen molar-refractivity contribution in [3.05, 3.63) is 58.1 Å². The van der Waals surface area contributed by atoms with Crippen LogP contribution in [-0.4, -0.2) is 13.0 Å². The molecular formula is C16H16ClNO. The van der Waals surface area contributed by atoms with Crippen molar-refractivity contribution in [2.45, 2.75) is 13.8 Å². The highest BCUT2D eigenvalue weighted by molar-refractivity contribution is 6.30.